The van der Waals surface area contributed by atoms with Crippen molar-refractivity contribution in [1.29, 1.82) is 0 Å². The van der Waals surface area contributed by atoms with Crippen LogP contribution < -0.4 is 45.5 Å². The van der Waals surface area contributed by atoms with Crippen LogP contribution in [0.25, 0.3) is 0 Å². The van der Waals surface area contributed by atoms with Crippen LogP contribution in [0.5, 0.6) is 0 Å². The fourth-order valence-electron chi connectivity index (χ4n) is 2.60. The summed E-state index contributed by atoms with van der Waals surface area (Å²) < 4.78 is 72.7. The van der Waals surface area contributed by atoms with Crippen LogP contribution >= 0.6 is 7.92 Å². The summed E-state index contributed by atoms with van der Waals surface area (Å²) in [6.07, 6.45) is -4.44. The van der Waals surface area contributed by atoms with Gasteiger partial charge in [-0.25, -0.2) is 8.42 Å². The minimum absolute atomic E-state index is 0. The first-order valence-electron chi connectivity index (χ1n) is 7.75. The first-order chi connectivity index (χ1) is 12.7. The summed E-state index contributed by atoms with van der Waals surface area (Å²) in [5.74, 6) is 0. The van der Waals surface area contributed by atoms with Crippen molar-refractivity contribution in [3.8, 4) is 0 Å². The van der Waals surface area contributed by atoms with Crippen molar-refractivity contribution in [2.75, 3.05) is 0 Å². The van der Waals surface area contributed by atoms with Crippen molar-refractivity contribution in [1.82, 2.24) is 0 Å². The van der Waals surface area contributed by atoms with E-state index in [-0.39, 0.29) is 34.5 Å². The molecule has 3 aromatic carbocycles. The van der Waals surface area contributed by atoms with Crippen LogP contribution in [0.4, 0.5) is 13.2 Å². The molecule has 0 heterocycles. The third kappa shape index (κ3) is 5.44. The third-order valence-electron chi connectivity index (χ3n) is 3.83. The van der Waals surface area contributed by atoms with Crippen molar-refractivity contribution in [2.24, 2.45) is 0 Å². The van der Waals surface area contributed by atoms with Crippen molar-refractivity contribution in [3.05, 3.63) is 84.4 Å². The molecule has 3 rings (SSSR count). The van der Waals surface area contributed by atoms with Crippen LogP contribution in [0.3, 0.4) is 0 Å². The third-order valence-corrected chi connectivity index (χ3v) is 7.09. The molecule has 0 saturated heterocycles. The summed E-state index contributed by atoms with van der Waals surface area (Å²) in [5, 5.41) is 2.00. The first-order valence-corrected chi connectivity index (χ1v) is 10.5. The molecule has 0 aliphatic carbocycles. The summed E-state index contributed by atoms with van der Waals surface area (Å²) in [5.41, 5.74) is -0.759. The Labute approximate surface area is 184 Å². The van der Waals surface area contributed by atoms with E-state index in [1.807, 2.05) is 18.2 Å². The van der Waals surface area contributed by atoms with Gasteiger partial charge in [0.05, 0.1) is 10.5 Å². The normalized spacial score (nSPS) is 12.9. The number of hydrogen-bond acceptors (Lipinski definition) is 3. The van der Waals surface area contributed by atoms with Crippen LogP contribution in [0.15, 0.2) is 83.8 Å². The minimum atomic E-state index is -4.64. The van der Waals surface area contributed by atoms with Gasteiger partial charge >= 0.3 is 35.7 Å². The van der Waals surface area contributed by atoms with Crippen LogP contribution in [0.1, 0.15) is 5.56 Å². The molecule has 0 aliphatic rings. The van der Waals surface area contributed by atoms with Crippen LogP contribution in [-0.2, 0) is 16.3 Å². The fraction of sp³-hybridized carbons (Fsp3) is 0.0526. The van der Waals surface area contributed by atoms with E-state index in [9.17, 15) is 26.1 Å². The molecule has 0 radical (unpaired) electrons. The number of alkyl halides is 3. The van der Waals surface area contributed by atoms with Crippen molar-refractivity contribution >= 4 is 34.0 Å². The van der Waals surface area contributed by atoms with Gasteiger partial charge in [-0.15, -0.1) is 0 Å². The zero-order valence-electron chi connectivity index (χ0n) is 14.7. The molecular formula is C19H13F3NaO3PS. The van der Waals surface area contributed by atoms with E-state index in [2.05, 4.69) is 0 Å². The molecule has 1 atom stereocenters. The first kappa shape index (κ1) is 23.1. The number of benzene rings is 3. The monoisotopic (exact) mass is 432 g/mol. The van der Waals surface area contributed by atoms with Crippen molar-refractivity contribution < 1.29 is 55.7 Å². The maximum absolute atomic E-state index is 12.9. The summed E-state index contributed by atoms with van der Waals surface area (Å²) >= 11 is 0. The summed E-state index contributed by atoms with van der Waals surface area (Å²) in [6, 6.07) is 19.4. The Kier molecular flexibility index (Phi) is 7.48. The molecular weight excluding hydrogens is 419 g/mol. The largest absolute Gasteiger partial charge is 1.00 e. The average molecular weight is 432 g/mol. The molecule has 1 unspecified atom stereocenters. The Morgan fingerprint density at radius 3 is 1.82 bits per heavy atom. The summed E-state index contributed by atoms with van der Waals surface area (Å²) in [6.45, 7) is 0. The fourth-order valence-corrected chi connectivity index (χ4v) is 5.52. The topological polar surface area (TPSA) is 57.2 Å². The zero-order chi connectivity index (χ0) is 19.7. The quantitative estimate of drug-likeness (QED) is 0.340. The van der Waals surface area contributed by atoms with E-state index in [0.29, 0.717) is 10.6 Å². The maximum atomic E-state index is 12.9. The van der Waals surface area contributed by atoms with Gasteiger partial charge in [0.1, 0.15) is 10.1 Å². The van der Waals surface area contributed by atoms with Gasteiger partial charge in [-0.1, -0.05) is 54.6 Å². The van der Waals surface area contributed by atoms with E-state index >= 15 is 0 Å². The number of halogens is 3. The zero-order valence-corrected chi connectivity index (χ0v) is 18.4. The Morgan fingerprint density at radius 1 is 0.750 bits per heavy atom. The summed E-state index contributed by atoms with van der Waals surface area (Å²) in [7, 11) is -5.97. The molecule has 0 fully saturated rings. The van der Waals surface area contributed by atoms with Gasteiger partial charge < -0.3 is 4.55 Å². The minimum Gasteiger partial charge on any atom is -0.744 e. The smallest absolute Gasteiger partial charge is 0.744 e. The molecule has 140 valence electrons. The molecule has 0 saturated carbocycles. The van der Waals surface area contributed by atoms with E-state index in [1.165, 1.54) is 30.3 Å². The standard InChI is InChI=1S/C19H14F3O3PS.Na/c20-19(21,22)14-9-11-16(12-10-14)26(15-5-2-1-3-6-15)17-7-4-8-18(13-17)27(23,24)25;/h1-13H,(H,23,24,25);/q;+1/p-1. The molecule has 3 nitrogen and oxygen atoms in total. The molecule has 0 aromatic heterocycles. The predicted octanol–water partition coefficient (Wildman–Crippen LogP) is 0.372. The van der Waals surface area contributed by atoms with Gasteiger partial charge in [0.25, 0.3) is 0 Å². The number of hydrogen-bond donors (Lipinski definition) is 0. The van der Waals surface area contributed by atoms with E-state index in [4.69, 9.17) is 0 Å². The predicted molar refractivity (Wildman–Crippen MR) is 98.1 cm³/mol. The Bertz CT molecular complexity index is 1040. The Hall–Kier alpha value is -1.21. The Balaban J connectivity index is 0.00000280. The molecule has 0 spiro atoms. The second-order valence-electron chi connectivity index (χ2n) is 5.67. The maximum Gasteiger partial charge on any atom is 1.00 e. The van der Waals surface area contributed by atoms with Gasteiger partial charge in [0.2, 0.25) is 0 Å². The van der Waals surface area contributed by atoms with Gasteiger partial charge in [0.15, 0.2) is 0 Å². The second-order valence-corrected chi connectivity index (χ2v) is 9.27. The van der Waals surface area contributed by atoms with E-state index < -0.39 is 29.8 Å². The van der Waals surface area contributed by atoms with Gasteiger partial charge in [-0.2, -0.15) is 13.2 Å². The number of rotatable bonds is 4. The Morgan fingerprint density at radius 2 is 1.29 bits per heavy atom. The molecule has 0 N–H and O–H groups in total. The van der Waals surface area contributed by atoms with Crippen LogP contribution in [-0.4, -0.2) is 13.0 Å². The summed E-state index contributed by atoms with van der Waals surface area (Å²) in [4.78, 5) is -0.365. The average Bonchev–Trinajstić information content (AvgIpc) is 2.62. The van der Waals surface area contributed by atoms with Gasteiger partial charge in [-0.05, 0) is 48.1 Å². The van der Waals surface area contributed by atoms with Gasteiger partial charge in [0, 0.05) is 0 Å². The SMILES string of the molecule is O=S(=O)([O-])c1cccc(P(c2ccccc2)c2ccc(C(F)(F)F)cc2)c1.[Na+]. The molecule has 0 bridgehead atoms. The molecule has 0 aliphatic heterocycles. The molecule has 3 aromatic rings. The van der Waals surface area contributed by atoms with Crippen molar-refractivity contribution in [3.63, 3.8) is 0 Å². The van der Waals surface area contributed by atoms with Gasteiger partial charge in [-0.3, -0.25) is 0 Å². The molecule has 9 heteroatoms. The van der Waals surface area contributed by atoms with E-state index in [0.717, 1.165) is 17.4 Å². The molecule has 0 amide bonds. The van der Waals surface area contributed by atoms with Crippen molar-refractivity contribution in [2.45, 2.75) is 11.1 Å². The van der Waals surface area contributed by atoms with Crippen LogP contribution in [0, 0.1) is 0 Å². The second kappa shape index (κ2) is 9.08. The molecule has 28 heavy (non-hydrogen) atoms. The van der Waals surface area contributed by atoms with E-state index in [1.54, 1.807) is 18.2 Å². The van der Waals surface area contributed by atoms with Crippen LogP contribution in [0.2, 0.25) is 0 Å².